The summed E-state index contributed by atoms with van der Waals surface area (Å²) in [5, 5.41) is 4.26. The maximum atomic E-state index is 13.2. The number of thiocarbonyl (C=S) groups is 1. The SMILES string of the molecule is COc1ccc(/C=C2\NC(=S)N(C(C)c3ccccc3)C2=O)cc1COc1c(Cl)cccc1Cl. The number of para-hydroxylation sites is 1. The number of nitrogens with zero attached hydrogens (tertiary/aromatic N) is 1. The molecule has 0 radical (unpaired) electrons. The Labute approximate surface area is 213 Å². The Bertz CT molecular complexity index is 1240. The van der Waals surface area contributed by atoms with Crippen LogP contribution in [0.4, 0.5) is 0 Å². The van der Waals surface area contributed by atoms with Crippen LogP contribution in [0.5, 0.6) is 11.5 Å². The van der Waals surface area contributed by atoms with Crippen LogP contribution in [0, 0.1) is 0 Å². The fraction of sp³-hybridized carbons (Fsp3) is 0.154. The lowest BCUT2D eigenvalue weighted by Gasteiger charge is -2.23. The van der Waals surface area contributed by atoms with Crippen LogP contribution in [-0.2, 0) is 11.4 Å². The van der Waals surface area contributed by atoms with Crippen molar-refractivity contribution >= 4 is 52.5 Å². The van der Waals surface area contributed by atoms with Gasteiger partial charge in [-0.15, -0.1) is 0 Å². The Hall–Kier alpha value is -3.06. The largest absolute Gasteiger partial charge is 0.496 e. The van der Waals surface area contributed by atoms with Gasteiger partial charge >= 0.3 is 0 Å². The van der Waals surface area contributed by atoms with E-state index in [0.29, 0.717) is 32.4 Å². The predicted molar refractivity (Wildman–Crippen MR) is 139 cm³/mol. The van der Waals surface area contributed by atoms with E-state index in [-0.39, 0.29) is 18.6 Å². The van der Waals surface area contributed by atoms with Crippen molar-refractivity contribution in [1.29, 1.82) is 0 Å². The average Bonchev–Trinajstić information content (AvgIpc) is 3.11. The van der Waals surface area contributed by atoms with Crippen LogP contribution in [0.1, 0.15) is 29.7 Å². The van der Waals surface area contributed by atoms with Gasteiger partial charge in [0.1, 0.15) is 18.1 Å². The number of hydrogen-bond acceptors (Lipinski definition) is 4. The molecule has 1 aliphatic rings. The van der Waals surface area contributed by atoms with Crippen LogP contribution >= 0.6 is 35.4 Å². The minimum Gasteiger partial charge on any atom is -0.496 e. The molecule has 1 saturated heterocycles. The summed E-state index contributed by atoms with van der Waals surface area (Å²) in [6.07, 6.45) is 1.76. The van der Waals surface area contributed by atoms with Crippen molar-refractivity contribution in [3.8, 4) is 11.5 Å². The van der Waals surface area contributed by atoms with Crippen molar-refractivity contribution in [3.05, 3.63) is 99.2 Å². The molecule has 1 amide bonds. The van der Waals surface area contributed by atoms with Crippen LogP contribution in [0.25, 0.3) is 6.08 Å². The summed E-state index contributed by atoms with van der Waals surface area (Å²) in [6, 6.07) is 20.3. The highest BCUT2D eigenvalue weighted by Gasteiger charge is 2.34. The van der Waals surface area contributed by atoms with E-state index in [0.717, 1.165) is 16.7 Å². The maximum absolute atomic E-state index is 13.2. The second-order valence-corrected chi connectivity index (χ2v) is 8.86. The van der Waals surface area contributed by atoms with Gasteiger partial charge in [-0.05, 0) is 60.6 Å². The van der Waals surface area contributed by atoms with E-state index in [2.05, 4.69) is 5.32 Å². The molecule has 1 fully saturated rings. The first kappa shape index (κ1) is 24.1. The van der Waals surface area contributed by atoms with Crippen LogP contribution in [0.2, 0.25) is 10.0 Å². The average molecular weight is 513 g/mol. The van der Waals surface area contributed by atoms with Gasteiger partial charge < -0.3 is 14.8 Å². The van der Waals surface area contributed by atoms with E-state index in [9.17, 15) is 4.79 Å². The number of ether oxygens (including phenoxy) is 2. The maximum Gasteiger partial charge on any atom is 0.277 e. The second kappa shape index (κ2) is 10.5. The predicted octanol–water partition coefficient (Wildman–Crippen LogP) is 6.40. The number of carbonyl (C=O) groups is 1. The van der Waals surface area contributed by atoms with E-state index in [1.54, 1.807) is 36.3 Å². The molecule has 0 bridgehead atoms. The molecule has 0 aromatic heterocycles. The van der Waals surface area contributed by atoms with E-state index >= 15 is 0 Å². The molecule has 8 heteroatoms. The standard InChI is InChI=1S/C26H22Cl2N2O3S/c1-16(18-7-4-3-5-8-18)30-25(31)22(29-26(30)34)14-17-11-12-23(32-2)19(13-17)15-33-24-20(27)9-6-10-21(24)28/h3-14,16H,15H2,1-2H3,(H,29,34)/b22-14-. The molecule has 1 N–H and O–H groups in total. The number of benzene rings is 3. The number of halogens is 2. The number of carbonyl (C=O) groups excluding carboxylic acids is 1. The number of amides is 1. The lowest BCUT2D eigenvalue weighted by atomic mass is 10.1. The van der Waals surface area contributed by atoms with Gasteiger partial charge in [0.25, 0.3) is 5.91 Å². The van der Waals surface area contributed by atoms with Crippen molar-refractivity contribution in [2.45, 2.75) is 19.6 Å². The third-order valence-corrected chi connectivity index (χ3v) is 6.38. The smallest absolute Gasteiger partial charge is 0.277 e. The van der Waals surface area contributed by atoms with Gasteiger partial charge in [0.05, 0.1) is 23.2 Å². The Kier molecular flexibility index (Phi) is 7.41. The molecule has 174 valence electrons. The summed E-state index contributed by atoms with van der Waals surface area (Å²) >= 11 is 17.9. The Morgan fingerprint density at radius 3 is 2.44 bits per heavy atom. The van der Waals surface area contributed by atoms with Crippen LogP contribution in [-0.4, -0.2) is 23.0 Å². The highest BCUT2D eigenvalue weighted by atomic mass is 35.5. The van der Waals surface area contributed by atoms with E-state index in [1.807, 2.05) is 55.5 Å². The van der Waals surface area contributed by atoms with Crippen molar-refractivity contribution in [2.75, 3.05) is 7.11 Å². The molecule has 34 heavy (non-hydrogen) atoms. The summed E-state index contributed by atoms with van der Waals surface area (Å²) < 4.78 is 11.4. The fourth-order valence-electron chi connectivity index (χ4n) is 3.72. The summed E-state index contributed by atoms with van der Waals surface area (Å²) in [4.78, 5) is 14.7. The number of hydrogen-bond donors (Lipinski definition) is 1. The monoisotopic (exact) mass is 512 g/mol. The van der Waals surface area contributed by atoms with Gasteiger partial charge in [-0.25, -0.2) is 0 Å². The van der Waals surface area contributed by atoms with Crippen molar-refractivity contribution in [1.82, 2.24) is 10.2 Å². The molecule has 4 rings (SSSR count). The molecule has 1 aliphatic heterocycles. The number of methoxy groups -OCH3 is 1. The quantitative estimate of drug-likeness (QED) is 0.293. The minimum atomic E-state index is -0.195. The lowest BCUT2D eigenvalue weighted by Crippen LogP contribution is -2.33. The van der Waals surface area contributed by atoms with Gasteiger partial charge in [0.15, 0.2) is 10.9 Å². The zero-order chi connectivity index (χ0) is 24.2. The van der Waals surface area contributed by atoms with Crippen molar-refractivity contribution in [2.24, 2.45) is 0 Å². The lowest BCUT2D eigenvalue weighted by molar-refractivity contribution is -0.123. The Balaban J connectivity index is 1.57. The highest BCUT2D eigenvalue weighted by Crippen LogP contribution is 2.34. The summed E-state index contributed by atoms with van der Waals surface area (Å²) in [6.45, 7) is 2.13. The Morgan fingerprint density at radius 1 is 1.06 bits per heavy atom. The molecular formula is C26H22Cl2N2O3S. The normalized spacial score (nSPS) is 15.4. The first-order valence-electron chi connectivity index (χ1n) is 10.5. The second-order valence-electron chi connectivity index (χ2n) is 7.66. The molecular weight excluding hydrogens is 491 g/mol. The van der Waals surface area contributed by atoms with Crippen LogP contribution in [0.3, 0.4) is 0 Å². The fourth-order valence-corrected chi connectivity index (χ4v) is 4.58. The van der Waals surface area contributed by atoms with Gasteiger partial charge in [0.2, 0.25) is 0 Å². The van der Waals surface area contributed by atoms with Gasteiger partial charge in [-0.2, -0.15) is 0 Å². The molecule has 1 unspecified atom stereocenters. The van der Waals surface area contributed by atoms with Crippen LogP contribution < -0.4 is 14.8 Å². The first-order chi connectivity index (χ1) is 16.4. The van der Waals surface area contributed by atoms with E-state index < -0.39 is 0 Å². The van der Waals surface area contributed by atoms with Crippen molar-refractivity contribution < 1.29 is 14.3 Å². The number of nitrogens with one attached hydrogen (secondary N) is 1. The van der Waals surface area contributed by atoms with Crippen molar-refractivity contribution in [3.63, 3.8) is 0 Å². The van der Waals surface area contributed by atoms with Gasteiger partial charge in [-0.1, -0.05) is 65.7 Å². The molecule has 3 aromatic rings. The zero-order valence-corrected chi connectivity index (χ0v) is 20.9. The molecule has 0 saturated carbocycles. The molecule has 0 spiro atoms. The van der Waals surface area contributed by atoms with E-state index in [1.165, 1.54) is 0 Å². The molecule has 3 aromatic carbocycles. The Morgan fingerprint density at radius 2 is 1.76 bits per heavy atom. The van der Waals surface area contributed by atoms with E-state index in [4.69, 9.17) is 44.9 Å². The third-order valence-electron chi connectivity index (χ3n) is 5.49. The molecule has 1 heterocycles. The summed E-state index contributed by atoms with van der Waals surface area (Å²) in [5.74, 6) is 0.865. The summed E-state index contributed by atoms with van der Waals surface area (Å²) in [7, 11) is 1.59. The first-order valence-corrected chi connectivity index (χ1v) is 11.7. The zero-order valence-electron chi connectivity index (χ0n) is 18.5. The topological polar surface area (TPSA) is 50.8 Å². The molecule has 1 atom stereocenters. The number of rotatable bonds is 7. The third kappa shape index (κ3) is 5.04. The molecule has 0 aliphatic carbocycles. The van der Waals surface area contributed by atoms with Crippen LogP contribution in [0.15, 0.2) is 72.4 Å². The highest BCUT2D eigenvalue weighted by molar-refractivity contribution is 7.80. The van der Waals surface area contributed by atoms with Gasteiger partial charge in [-0.3, -0.25) is 9.69 Å². The van der Waals surface area contributed by atoms with Gasteiger partial charge in [0, 0.05) is 5.56 Å². The minimum absolute atomic E-state index is 0.181. The summed E-state index contributed by atoms with van der Waals surface area (Å²) in [5.41, 5.74) is 2.97. The molecule has 5 nitrogen and oxygen atoms in total.